The van der Waals surface area contributed by atoms with Gasteiger partial charge in [0.25, 0.3) is 5.91 Å². The maximum absolute atomic E-state index is 14.0. The first kappa shape index (κ1) is 30.9. The van der Waals surface area contributed by atoms with Crippen LogP contribution in [0.25, 0.3) is 0 Å². The number of hydrogen-bond acceptors (Lipinski definition) is 4. The molecule has 2 aromatic rings. The normalized spacial score (nSPS) is 12.0. The Morgan fingerprint density at radius 2 is 1.47 bits per heavy atom. The number of rotatable bonds is 12. The van der Waals surface area contributed by atoms with Crippen LogP contribution >= 0.6 is 0 Å². The van der Waals surface area contributed by atoms with Crippen LogP contribution in [0.2, 0.25) is 0 Å². The van der Waals surface area contributed by atoms with Gasteiger partial charge in [-0.05, 0) is 70.2 Å². The van der Waals surface area contributed by atoms with Crippen molar-refractivity contribution in [3.05, 3.63) is 64.7 Å². The molecule has 2 rings (SSSR count). The topological polar surface area (TPSA) is 87.7 Å². The third kappa shape index (κ3) is 9.51. The van der Waals surface area contributed by atoms with Gasteiger partial charge in [-0.15, -0.1) is 0 Å². The summed E-state index contributed by atoms with van der Waals surface area (Å²) >= 11 is 0. The number of para-hydroxylation sites is 1. The highest BCUT2D eigenvalue weighted by atomic mass is 16.6. The van der Waals surface area contributed by atoms with Crippen molar-refractivity contribution in [1.82, 2.24) is 10.2 Å². The lowest BCUT2D eigenvalue weighted by atomic mass is 9.97. The Kier molecular flexibility index (Phi) is 11.8. The van der Waals surface area contributed by atoms with E-state index >= 15 is 0 Å². The lowest BCUT2D eigenvalue weighted by Crippen LogP contribution is -2.47. The van der Waals surface area contributed by atoms with Crippen molar-refractivity contribution in [3.8, 4) is 0 Å². The number of nitrogens with one attached hydrogen (secondary N) is 2. The number of nitrogens with zero attached hydrogens (tertiary/aromatic N) is 1. The SMILES string of the molecule is CCCCCCCN(C(=O)CNC(=O)OC(C)(C)C)C(C(=O)Nc1c(C)cccc1C)c1ccccc1C. The van der Waals surface area contributed by atoms with Crippen molar-refractivity contribution >= 4 is 23.6 Å². The van der Waals surface area contributed by atoms with E-state index in [1.54, 1.807) is 25.7 Å². The fourth-order valence-electron chi connectivity index (χ4n) is 4.39. The van der Waals surface area contributed by atoms with E-state index in [1.165, 1.54) is 0 Å². The number of amides is 3. The number of benzene rings is 2. The minimum atomic E-state index is -0.852. The third-order valence-corrected chi connectivity index (χ3v) is 6.38. The van der Waals surface area contributed by atoms with Crippen molar-refractivity contribution in [3.63, 3.8) is 0 Å². The molecule has 38 heavy (non-hydrogen) atoms. The first-order chi connectivity index (χ1) is 17.9. The van der Waals surface area contributed by atoms with Gasteiger partial charge in [-0.3, -0.25) is 9.59 Å². The first-order valence-electron chi connectivity index (χ1n) is 13.6. The molecule has 1 unspecified atom stereocenters. The predicted molar refractivity (Wildman–Crippen MR) is 153 cm³/mol. The van der Waals surface area contributed by atoms with Gasteiger partial charge in [0.2, 0.25) is 5.91 Å². The molecule has 0 aromatic heterocycles. The van der Waals surface area contributed by atoms with Crippen molar-refractivity contribution < 1.29 is 19.1 Å². The quantitative estimate of drug-likeness (QED) is 0.306. The fraction of sp³-hybridized carbons (Fsp3) is 0.516. The smallest absolute Gasteiger partial charge is 0.408 e. The molecule has 0 bridgehead atoms. The van der Waals surface area contributed by atoms with Crippen LogP contribution in [-0.2, 0) is 14.3 Å². The second-order valence-corrected chi connectivity index (χ2v) is 10.9. The molecule has 7 heteroatoms. The van der Waals surface area contributed by atoms with E-state index < -0.39 is 17.7 Å². The molecule has 0 aliphatic rings. The summed E-state index contributed by atoms with van der Waals surface area (Å²) < 4.78 is 5.31. The van der Waals surface area contributed by atoms with E-state index in [0.29, 0.717) is 6.54 Å². The van der Waals surface area contributed by atoms with Gasteiger partial charge in [-0.25, -0.2) is 4.79 Å². The number of carbonyl (C=O) groups is 3. The molecule has 208 valence electrons. The average molecular weight is 524 g/mol. The van der Waals surface area contributed by atoms with E-state index in [2.05, 4.69) is 17.6 Å². The Bertz CT molecular complexity index is 1070. The number of alkyl carbamates (subject to hydrolysis) is 1. The van der Waals surface area contributed by atoms with E-state index in [9.17, 15) is 14.4 Å². The molecule has 0 spiro atoms. The number of aryl methyl sites for hydroxylation is 3. The standard InChI is InChI=1S/C31H45N3O4/c1-8-9-10-11-14-20-34(26(35)21-32-30(37)38-31(5,6)7)28(25-19-13-12-16-22(25)2)29(36)33-27-23(3)17-15-18-24(27)4/h12-13,15-19,28H,8-11,14,20-21H2,1-7H3,(H,32,37)(H,33,36). The van der Waals surface area contributed by atoms with Crippen LogP contribution in [0.1, 0.15) is 88.1 Å². The Balaban J connectivity index is 2.40. The van der Waals surface area contributed by atoms with Crippen molar-refractivity contribution in [2.75, 3.05) is 18.4 Å². The zero-order valence-corrected chi connectivity index (χ0v) is 24.1. The summed E-state index contributed by atoms with van der Waals surface area (Å²) in [6.45, 7) is 13.4. The average Bonchev–Trinajstić information content (AvgIpc) is 2.84. The minimum Gasteiger partial charge on any atom is -0.444 e. The summed E-state index contributed by atoms with van der Waals surface area (Å²) in [6.07, 6.45) is 4.36. The maximum Gasteiger partial charge on any atom is 0.408 e. The molecule has 0 aliphatic carbocycles. The minimum absolute atomic E-state index is 0.261. The van der Waals surface area contributed by atoms with Gasteiger partial charge in [-0.1, -0.05) is 75.1 Å². The predicted octanol–water partition coefficient (Wildman–Crippen LogP) is 6.62. The first-order valence-corrected chi connectivity index (χ1v) is 13.6. The van der Waals surface area contributed by atoms with Crippen LogP contribution in [0, 0.1) is 20.8 Å². The van der Waals surface area contributed by atoms with Crippen LogP contribution in [-0.4, -0.2) is 41.5 Å². The summed E-state index contributed by atoms with van der Waals surface area (Å²) in [4.78, 5) is 41.5. The molecule has 0 heterocycles. The second kappa shape index (κ2) is 14.6. The van der Waals surface area contributed by atoms with Crippen molar-refractivity contribution in [1.29, 1.82) is 0 Å². The van der Waals surface area contributed by atoms with Crippen molar-refractivity contribution in [2.45, 2.75) is 92.2 Å². The zero-order chi connectivity index (χ0) is 28.3. The van der Waals surface area contributed by atoms with Crippen LogP contribution in [0.3, 0.4) is 0 Å². The van der Waals surface area contributed by atoms with E-state index in [4.69, 9.17) is 4.74 Å². The molecule has 0 radical (unpaired) electrons. The summed E-state index contributed by atoms with van der Waals surface area (Å²) in [5.74, 6) is -0.618. The molecular formula is C31H45N3O4. The number of anilines is 1. The Morgan fingerprint density at radius 1 is 0.868 bits per heavy atom. The van der Waals surface area contributed by atoms with Gasteiger partial charge in [0.15, 0.2) is 0 Å². The van der Waals surface area contributed by atoms with Gasteiger partial charge in [0.05, 0.1) is 0 Å². The number of hydrogen-bond donors (Lipinski definition) is 2. The van der Waals surface area contributed by atoms with Crippen LogP contribution in [0.5, 0.6) is 0 Å². The van der Waals surface area contributed by atoms with Gasteiger partial charge in [0.1, 0.15) is 18.2 Å². The molecule has 0 aliphatic heterocycles. The number of carbonyl (C=O) groups excluding carboxylic acids is 3. The van der Waals surface area contributed by atoms with Crippen LogP contribution < -0.4 is 10.6 Å². The van der Waals surface area contributed by atoms with E-state index in [-0.39, 0.29) is 18.4 Å². The van der Waals surface area contributed by atoms with Gasteiger partial charge in [0, 0.05) is 12.2 Å². The lowest BCUT2D eigenvalue weighted by molar-refractivity contribution is -0.138. The molecule has 3 amide bonds. The monoisotopic (exact) mass is 523 g/mol. The fourth-order valence-corrected chi connectivity index (χ4v) is 4.39. The highest BCUT2D eigenvalue weighted by molar-refractivity contribution is 5.99. The van der Waals surface area contributed by atoms with Crippen molar-refractivity contribution in [2.24, 2.45) is 0 Å². The third-order valence-electron chi connectivity index (χ3n) is 6.38. The van der Waals surface area contributed by atoms with Crippen LogP contribution in [0.15, 0.2) is 42.5 Å². The molecule has 2 aromatic carbocycles. The van der Waals surface area contributed by atoms with Gasteiger partial charge in [-0.2, -0.15) is 0 Å². The molecule has 0 saturated heterocycles. The summed E-state index contributed by atoms with van der Waals surface area (Å²) in [5, 5.41) is 5.68. The van der Waals surface area contributed by atoms with Gasteiger partial charge >= 0.3 is 6.09 Å². The van der Waals surface area contributed by atoms with Crippen LogP contribution in [0.4, 0.5) is 10.5 Å². The zero-order valence-electron chi connectivity index (χ0n) is 24.1. The number of ether oxygens (including phenoxy) is 1. The molecule has 7 nitrogen and oxygen atoms in total. The highest BCUT2D eigenvalue weighted by Gasteiger charge is 2.33. The summed E-state index contributed by atoms with van der Waals surface area (Å²) in [7, 11) is 0. The Labute approximate surface area is 228 Å². The second-order valence-electron chi connectivity index (χ2n) is 10.9. The maximum atomic E-state index is 14.0. The largest absolute Gasteiger partial charge is 0.444 e. The summed E-state index contributed by atoms with van der Waals surface area (Å²) in [5.41, 5.74) is 3.64. The molecule has 1 atom stereocenters. The number of unbranched alkanes of at least 4 members (excludes halogenated alkanes) is 4. The van der Waals surface area contributed by atoms with E-state index in [1.807, 2.05) is 63.2 Å². The van der Waals surface area contributed by atoms with E-state index in [0.717, 1.165) is 60.0 Å². The molecule has 0 saturated carbocycles. The summed E-state index contributed by atoms with van der Waals surface area (Å²) in [6, 6.07) is 12.6. The molecule has 0 fully saturated rings. The highest BCUT2D eigenvalue weighted by Crippen LogP contribution is 2.28. The Morgan fingerprint density at radius 3 is 2.08 bits per heavy atom. The molecular weight excluding hydrogens is 478 g/mol. The molecule has 2 N–H and O–H groups in total. The van der Waals surface area contributed by atoms with Gasteiger partial charge < -0.3 is 20.3 Å². The lowest BCUT2D eigenvalue weighted by Gasteiger charge is -2.33. The Hall–Kier alpha value is -3.35.